The molecule has 0 heterocycles. The first kappa shape index (κ1) is 9.54. The van der Waals surface area contributed by atoms with Gasteiger partial charge in [0.05, 0.1) is 23.2 Å². The highest BCUT2D eigenvalue weighted by Gasteiger charge is 2.30. The van der Waals surface area contributed by atoms with Gasteiger partial charge in [0, 0.05) is 5.56 Å². The van der Waals surface area contributed by atoms with Crippen LogP contribution in [0.3, 0.4) is 0 Å². The summed E-state index contributed by atoms with van der Waals surface area (Å²) in [7, 11) is 1.65. The molecule has 1 aromatic carbocycles. The Hall–Kier alpha value is -1.01. The van der Waals surface area contributed by atoms with Crippen molar-refractivity contribution in [3.8, 4) is 11.8 Å². The smallest absolute Gasteiger partial charge is 0.137 e. The van der Waals surface area contributed by atoms with E-state index in [0.717, 1.165) is 21.3 Å². The molecule has 0 radical (unpaired) electrons. The second-order valence-corrected chi connectivity index (χ2v) is 4.28. The van der Waals surface area contributed by atoms with Crippen molar-refractivity contribution in [1.82, 2.24) is 0 Å². The SMILES string of the molecule is COc1c(Br)ccc(C#N)c1C1CC1. The van der Waals surface area contributed by atoms with Gasteiger partial charge in [-0.1, -0.05) is 0 Å². The van der Waals surface area contributed by atoms with Crippen LogP contribution in [0.25, 0.3) is 0 Å². The second-order valence-electron chi connectivity index (χ2n) is 3.43. The van der Waals surface area contributed by atoms with E-state index in [9.17, 15) is 0 Å². The van der Waals surface area contributed by atoms with Crippen molar-refractivity contribution in [1.29, 1.82) is 5.26 Å². The maximum atomic E-state index is 8.99. The van der Waals surface area contributed by atoms with Crippen LogP contribution in [0.15, 0.2) is 16.6 Å². The van der Waals surface area contributed by atoms with Gasteiger partial charge >= 0.3 is 0 Å². The molecule has 0 atom stereocenters. The van der Waals surface area contributed by atoms with Gasteiger partial charge in [-0.3, -0.25) is 0 Å². The highest BCUT2D eigenvalue weighted by atomic mass is 79.9. The first-order valence-corrected chi connectivity index (χ1v) is 5.33. The molecule has 14 heavy (non-hydrogen) atoms. The van der Waals surface area contributed by atoms with Gasteiger partial charge in [0.2, 0.25) is 0 Å². The van der Waals surface area contributed by atoms with E-state index in [1.165, 1.54) is 12.8 Å². The minimum Gasteiger partial charge on any atom is -0.495 e. The first-order valence-electron chi connectivity index (χ1n) is 4.54. The summed E-state index contributed by atoms with van der Waals surface area (Å²) >= 11 is 3.43. The lowest BCUT2D eigenvalue weighted by Gasteiger charge is -2.10. The normalized spacial score (nSPS) is 14.9. The maximum absolute atomic E-state index is 8.99. The zero-order valence-electron chi connectivity index (χ0n) is 7.88. The van der Waals surface area contributed by atoms with Gasteiger partial charge in [0.15, 0.2) is 0 Å². The van der Waals surface area contributed by atoms with E-state index in [0.29, 0.717) is 5.92 Å². The Labute approximate surface area is 91.6 Å². The molecule has 1 saturated carbocycles. The fraction of sp³-hybridized carbons (Fsp3) is 0.364. The number of halogens is 1. The Morgan fingerprint density at radius 3 is 2.71 bits per heavy atom. The molecule has 1 aliphatic rings. The van der Waals surface area contributed by atoms with Crippen LogP contribution in [-0.2, 0) is 0 Å². The number of ether oxygens (including phenoxy) is 1. The van der Waals surface area contributed by atoms with E-state index in [2.05, 4.69) is 22.0 Å². The largest absolute Gasteiger partial charge is 0.495 e. The summed E-state index contributed by atoms with van der Waals surface area (Å²) in [6, 6.07) is 5.93. The van der Waals surface area contributed by atoms with Crippen LogP contribution in [-0.4, -0.2) is 7.11 Å². The zero-order chi connectivity index (χ0) is 10.1. The maximum Gasteiger partial charge on any atom is 0.137 e. The molecule has 0 aromatic heterocycles. The molecular weight excluding hydrogens is 242 g/mol. The molecule has 0 unspecified atom stereocenters. The van der Waals surface area contributed by atoms with E-state index in [1.54, 1.807) is 7.11 Å². The van der Waals surface area contributed by atoms with Gasteiger partial charge < -0.3 is 4.74 Å². The summed E-state index contributed by atoms with van der Waals surface area (Å²) in [6.07, 6.45) is 2.34. The van der Waals surface area contributed by atoms with Crippen LogP contribution in [0.1, 0.15) is 29.9 Å². The van der Waals surface area contributed by atoms with Gasteiger partial charge in [-0.15, -0.1) is 0 Å². The van der Waals surface area contributed by atoms with Crippen molar-refractivity contribution in [2.45, 2.75) is 18.8 Å². The summed E-state index contributed by atoms with van der Waals surface area (Å²) in [5.74, 6) is 1.35. The number of rotatable bonds is 2. The standard InChI is InChI=1S/C11H10BrNO/c1-14-11-9(12)5-4-8(6-13)10(11)7-2-3-7/h4-5,7H,2-3H2,1H3. The molecule has 2 nitrogen and oxygen atoms in total. The summed E-state index contributed by atoms with van der Waals surface area (Å²) in [4.78, 5) is 0. The van der Waals surface area contributed by atoms with E-state index in [4.69, 9.17) is 10.00 Å². The topological polar surface area (TPSA) is 33.0 Å². The molecule has 0 spiro atoms. The molecule has 1 aromatic rings. The average Bonchev–Trinajstić information content (AvgIpc) is 3.00. The van der Waals surface area contributed by atoms with Crippen LogP contribution in [0.4, 0.5) is 0 Å². The molecule has 2 rings (SSSR count). The minimum absolute atomic E-state index is 0.525. The lowest BCUT2D eigenvalue weighted by Crippen LogP contribution is -1.95. The van der Waals surface area contributed by atoms with Crippen molar-refractivity contribution in [2.24, 2.45) is 0 Å². The van der Waals surface area contributed by atoms with E-state index in [-0.39, 0.29) is 0 Å². The number of hydrogen-bond acceptors (Lipinski definition) is 2. The fourth-order valence-electron chi connectivity index (χ4n) is 1.66. The lowest BCUT2D eigenvalue weighted by atomic mass is 10.0. The first-order chi connectivity index (χ1) is 6.77. The monoisotopic (exact) mass is 251 g/mol. The average molecular weight is 252 g/mol. The fourth-order valence-corrected chi connectivity index (χ4v) is 2.16. The van der Waals surface area contributed by atoms with Gasteiger partial charge in [0.1, 0.15) is 5.75 Å². The summed E-state index contributed by atoms with van der Waals surface area (Å²) in [5, 5.41) is 8.99. The summed E-state index contributed by atoms with van der Waals surface area (Å²) < 4.78 is 6.25. The second kappa shape index (κ2) is 3.62. The van der Waals surface area contributed by atoms with Crippen LogP contribution >= 0.6 is 15.9 Å². The summed E-state index contributed by atoms with van der Waals surface area (Å²) in [5.41, 5.74) is 1.82. The predicted octanol–water partition coefficient (Wildman–Crippen LogP) is 3.21. The van der Waals surface area contributed by atoms with Crippen LogP contribution in [0.5, 0.6) is 5.75 Å². The number of nitrogens with zero attached hydrogens (tertiary/aromatic N) is 1. The van der Waals surface area contributed by atoms with Gasteiger partial charge in [-0.2, -0.15) is 5.26 Å². The molecule has 72 valence electrons. The Balaban J connectivity index is 2.60. The molecule has 0 amide bonds. The highest BCUT2D eigenvalue weighted by Crippen LogP contribution is 2.48. The molecule has 1 fully saturated rings. The third kappa shape index (κ3) is 1.51. The van der Waals surface area contributed by atoms with E-state index >= 15 is 0 Å². The lowest BCUT2D eigenvalue weighted by molar-refractivity contribution is 0.407. The molecule has 0 saturated heterocycles. The van der Waals surface area contributed by atoms with Crippen molar-refractivity contribution in [3.63, 3.8) is 0 Å². The molecule has 0 aliphatic heterocycles. The zero-order valence-corrected chi connectivity index (χ0v) is 9.47. The Bertz CT molecular complexity index is 404. The molecule has 0 N–H and O–H groups in total. The highest BCUT2D eigenvalue weighted by molar-refractivity contribution is 9.10. The van der Waals surface area contributed by atoms with Crippen LogP contribution < -0.4 is 4.74 Å². The minimum atomic E-state index is 0.525. The van der Waals surface area contributed by atoms with E-state index < -0.39 is 0 Å². The van der Waals surface area contributed by atoms with Gasteiger partial charge in [0.25, 0.3) is 0 Å². The predicted molar refractivity (Wildman–Crippen MR) is 57.4 cm³/mol. The number of hydrogen-bond donors (Lipinski definition) is 0. The van der Waals surface area contributed by atoms with Crippen molar-refractivity contribution >= 4 is 15.9 Å². The number of nitriles is 1. The Morgan fingerprint density at radius 2 is 2.21 bits per heavy atom. The van der Waals surface area contributed by atoms with E-state index in [1.807, 2.05) is 12.1 Å². The van der Waals surface area contributed by atoms with Gasteiger partial charge in [-0.05, 0) is 46.8 Å². The Kier molecular flexibility index (Phi) is 2.47. The van der Waals surface area contributed by atoms with Gasteiger partial charge in [-0.25, -0.2) is 0 Å². The number of benzene rings is 1. The Morgan fingerprint density at radius 1 is 1.50 bits per heavy atom. The van der Waals surface area contributed by atoms with Crippen LogP contribution in [0.2, 0.25) is 0 Å². The van der Waals surface area contributed by atoms with Crippen molar-refractivity contribution in [3.05, 3.63) is 27.7 Å². The summed E-state index contributed by atoms with van der Waals surface area (Å²) in [6.45, 7) is 0. The molecule has 0 bridgehead atoms. The number of methoxy groups -OCH3 is 1. The molecule has 3 heteroatoms. The van der Waals surface area contributed by atoms with Crippen molar-refractivity contribution in [2.75, 3.05) is 7.11 Å². The molecular formula is C11H10BrNO. The third-order valence-corrected chi connectivity index (χ3v) is 3.08. The molecule has 1 aliphatic carbocycles. The van der Waals surface area contributed by atoms with Crippen molar-refractivity contribution < 1.29 is 4.74 Å². The third-order valence-electron chi connectivity index (χ3n) is 2.46. The quantitative estimate of drug-likeness (QED) is 0.809. The van der Waals surface area contributed by atoms with Crippen LogP contribution in [0, 0.1) is 11.3 Å².